The number of aromatic amines is 1. The van der Waals surface area contributed by atoms with E-state index in [1.54, 1.807) is 18.3 Å². The van der Waals surface area contributed by atoms with Gasteiger partial charge in [0.05, 0.1) is 16.7 Å². The average Bonchev–Trinajstić information content (AvgIpc) is 2.93. The maximum atomic E-state index is 12.6. The molecule has 5 nitrogen and oxygen atoms in total. The lowest BCUT2D eigenvalue weighted by Crippen LogP contribution is -2.11. The Morgan fingerprint density at radius 3 is 2.70 bits per heavy atom. The second kappa shape index (κ2) is 5.52. The molecule has 1 N–H and O–H groups in total. The fraction of sp³-hybridized carbons (Fsp3) is 0.143. The molecule has 0 fully saturated rings. The van der Waals surface area contributed by atoms with E-state index < -0.39 is 16.2 Å². The molecule has 6 heteroatoms. The normalized spacial score (nSPS) is 14.2. The highest BCUT2D eigenvalue weighted by molar-refractivity contribution is 7.85. The summed E-state index contributed by atoms with van der Waals surface area (Å²) in [5, 5.41) is 0.392. The molecule has 2 heterocycles. The van der Waals surface area contributed by atoms with Crippen LogP contribution in [0.3, 0.4) is 0 Å². The van der Waals surface area contributed by atoms with Crippen molar-refractivity contribution in [3.05, 3.63) is 54.4 Å². The summed E-state index contributed by atoms with van der Waals surface area (Å²) in [6, 6.07) is 13.0. The van der Waals surface area contributed by atoms with Crippen molar-refractivity contribution in [2.45, 2.75) is 10.6 Å². The van der Waals surface area contributed by atoms with E-state index in [2.05, 4.69) is 15.0 Å². The maximum Gasteiger partial charge on any atom is 0.200 e. The molecule has 0 aliphatic heterocycles. The minimum absolute atomic E-state index is 0.392. The third-order valence-corrected chi connectivity index (χ3v) is 4.29. The Morgan fingerprint density at radius 1 is 1.20 bits per heavy atom. The van der Waals surface area contributed by atoms with Crippen LogP contribution in [0.5, 0.6) is 0 Å². The summed E-state index contributed by atoms with van der Waals surface area (Å²) in [6.45, 7) is 0. The molecule has 0 aliphatic carbocycles. The van der Waals surface area contributed by atoms with Crippen molar-refractivity contribution in [2.75, 3.05) is 7.11 Å². The maximum absolute atomic E-state index is 12.6. The van der Waals surface area contributed by atoms with Gasteiger partial charge in [-0.25, -0.2) is 9.19 Å². The Balaban J connectivity index is 1.98. The van der Waals surface area contributed by atoms with Crippen LogP contribution in [0.25, 0.3) is 11.0 Å². The Labute approximate surface area is 118 Å². The zero-order chi connectivity index (χ0) is 13.9. The lowest BCUT2D eigenvalue weighted by atomic mass is 10.3. The number of hydrogen-bond donors (Lipinski definition) is 1. The second-order valence-electron chi connectivity index (χ2n) is 4.18. The van der Waals surface area contributed by atoms with Crippen molar-refractivity contribution < 1.29 is 8.95 Å². The second-order valence-corrected chi connectivity index (χ2v) is 5.59. The van der Waals surface area contributed by atoms with Gasteiger partial charge in [-0.05, 0) is 24.3 Å². The summed E-state index contributed by atoms with van der Waals surface area (Å²) in [5.74, 6) is 0. The predicted molar refractivity (Wildman–Crippen MR) is 76.5 cm³/mol. The number of methoxy groups -OCH3 is 1. The highest BCUT2D eigenvalue weighted by atomic mass is 32.2. The van der Waals surface area contributed by atoms with Crippen LogP contribution in [0.2, 0.25) is 0 Å². The zero-order valence-corrected chi connectivity index (χ0v) is 11.6. The molecular formula is C14H13N3O2S. The van der Waals surface area contributed by atoms with Crippen molar-refractivity contribution >= 4 is 21.8 Å². The van der Waals surface area contributed by atoms with E-state index >= 15 is 0 Å². The average molecular weight is 287 g/mol. The molecule has 3 rings (SSSR count). The molecular weight excluding hydrogens is 274 g/mol. The minimum atomic E-state index is -1.46. The number of fused-ring (bicyclic) bond motifs is 1. The number of para-hydroxylation sites is 2. The molecule has 3 aromatic rings. The molecule has 20 heavy (non-hydrogen) atoms. The molecule has 0 saturated carbocycles. The number of nitrogens with one attached hydrogen (secondary N) is 1. The standard InChI is InChI=1S/C14H13N3O2S/c1-19-13(12-8-4-5-9-15-12)20(18)14-16-10-6-2-3-7-11(10)17-14/h2-9,13H,1H3,(H,16,17). The number of nitrogens with zero attached hydrogens (tertiary/aromatic N) is 2. The van der Waals surface area contributed by atoms with Crippen LogP contribution in [0.4, 0.5) is 0 Å². The quantitative estimate of drug-likeness (QED) is 0.800. The smallest absolute Gasteiger partial charge is 0.200 e. The van der Waals surface area contributed by atoms with Crippen LogP contribution in [0.15, 0.2) is 53.8 Å². The van der Waals surface area contributed by atoms with E-state index in [0.717, 1.165) is 11.0 Å². The van der Waals surface area contributed by atoms with Crippen molar-refractivity contribution in [1.29, 1.82) is 0 Å². The molecule has 0 amide bonds. The van der Waals surface area contributed by atoms with Crippen molar-refractivity contribution in [3.63, 3.8) is 0 Å². The predicted octanol–water partition coefficient (Wildman–Crippen LogP) is 2.41. The van der Waals surface area contributed by atoms with E-state index in [0.29, 0.717) is 10.9 Å². The highest BCUT2D eigenvalue weighted by Crippen LogP contribution is 2.24. The van der Waals surface area contributed by atoms with Crippen molar-refractivity contribution in [3.8, 4) is 0 Å². The summed E-state index contributed by atoms with van der Waals surface area (Å²) in [5.41, 5.74) is 1.61. The van der Waals surface area contributed by atoms with Crippen LogP contribution < -0.4 is 0 Å². The molecule has 0 bridgehead atoms. The van der Waals surface area contributed by atoms with E-state index in [1.165, 1.54) is 7.11 Å². The van der Waals surface area contributed by atoms with Crippen LogP contribution in [-0.4, -0.2) is 26.3 Å². The molecule has 2 atom stereocenters. The molecule has 2 unspecified atom stereocenters. The summed E-state index contributed by atoms with van der Waals surface area (Å²) >= 11 is 0. The first-order valence-corrected chi connectivity index (χ1v) is 7.30. The monoisotopic (exact) mass is 287 g/mol. The lowest BCUT2D eigenvalue weighted by Gasteiger charge is -2.12. The van der Waals surface area contributed by atoms with E-state index in [1.807, 2.05) is 30.3 Å². The van der Waals surface area contributed by atoms with Crippen LogP contribution in [-0.2, 0) is 15.5 Å². The Kier molecular flexibility index (Phi) is 3.58. The Bertz CT molecular complexity index is 709. The Morgan fingerprint density at radius 2 is 2.00 bits per heavy atom. The molecule has 0 spiro atoms. The summed E-state index contributed by atoms with van der Waals surface area (Å²) < 4.78 is 17.9. The number of benzene rings is 1. The zero-order valence-electron chi connectivity index (χ0n) is 10.8. The van der Waals surface area contributed by atoms with Gasteiger partial charge in [0.2, 0.25) is 5.16 Å². The summed E-state index contributed by atoms with van der Waals surface area (Å²) in [7, 11) is 0.0576. The first kappa shape index (κ1) is 13.0. The van der Waals surface area contributed by atoms with Crippen LogP contribution in [0, 0.1) is 0 Å². The third-order valence-electron chi connectivity index (χ3n) is 2.90. The number of aromatic nitrogens is 3. The summed E-state index contributed by atoms with van der Waals surface area (Å²) in [4.78, 5) is 11.6. The molecule has 2 aromatic heterocycles. The number of pyridine rings is 1. The third kappa shape index (κ3) is 2.35. The van der Waals surface area contributed by atoms with Crippen molar-refractivity contribution in [1.82, 2.24) is 15.0 Å². The van der Waals surface area contributed by atoms with Crippen molar-refractivity contribution in [2.24, 2.45) is 0 Å². The fourth-order valence-corrected chi connectivity index (χ4v) is 3.09. The number of imidazole rings is 1. The van der Waals surface area contributed by atoms with Gasteiger partial charge >= 0.3 is 0 Å². The van der Waals surface area contributed by atoms with Gasteiger partial charge in [-0.3, -0.25) is 4.98 Å². The van der Waals surface area contributed by atoms with Crippen LogP contribution >= 0.6 is 0 Å². The SMILES string of the molecule is COC(c1ccccn1)S(=O)c1nc2ccccc2[nH]1. The van der Waals surface area contributed by atoms with Gasteiger partial charge in [0.15, 0.2) is 5.44 Å². The topological polar surface area (TPSA) is 67.9 Å². The van der Waals surface area contributed by atoms with Gasteiger partial charge in [0.1, 0.15) is 10.8 Å². The number of rotatable bonds is 4. The largest absolute Gasteiger partial charge is 0.361 e. The molecule has 0 radical (unpaired) electrons. The van der Waals surface area contributed by atoms with Gasteiger partial charge in [0, 0.05) is 13.3 Å². The molecule has 102 valence electrons. The lowest BCUT2D eigenvalue weighted by molar-refractivity contribution is 0.167. The van der Waals surface area contributed by atoms with Gasteiger partial charge in [-0.1, -0.05) is 18.2 Å². The van der Waals surface area contributed by atoms with Crippen LogP contribution in [0.1, 0.15) is 11.1 Å². The first-order chi connectivity index (χ1) is 9.79. The van der Waals surface area contributed by atoms with Gasteiger partial charge < -0.3 is 9.72 Å². The van der Waals surface area contributed by atoms with Gasteiger partial charge in [-0.2, -0.15) is 0 Å². The van der Waals surface area contributed by atoms with E-state index in [4.69, 9.17) is 4.74 Å². The number of ether oxygens (including phenoxy) is 1. The molecule has 1 aromatic carbocycles. The number of hydrogen-bond acceptors (Lipinski definition) is 4. The first-order valence-electron chi connectivity index (χ1n) is 6.08. The van der Waals surface area contributed by atoms with E-state index in [-0.39, 0.29) is 0 Å². The fourth-order valence-electron chi connectivity index (χ4n) is 1.96. The van der Waals surface area contributed by atoms with Gasteiger partial charge in [-0.15, -0.1) is 0 Å². The van der Waals surface area contributed by atoms with Gasteiger partial charge in [0.25, 0.3) is 0 Å². The molecule has 0 saturated heterocycles. The number of H-pyrrole nitrogens is 1. The molecule has 0 aliphatic rings. The summed E-state index contributed by atoms with van der Waals surface area (Å²) in [6.07, 6.45) is 1.65. The highest BCUT2D eigenvalue weighted by Gasteiger charge is 2.23. The minimum Gasteiger partial charge on any atom is -0.361 e. The Hall–Kier alpha value is -2.05. The van der Waals surface area contributed by atoms with E-state index in [9.17, 15) is 4.21 Å².